The first-order valence-electron chi connectivity index (χ1n) is 12.8. The molecule has 3 aromatic carbocycles. The molecule has 38 heavy (non-hydrogen) atoms. The summed E-state index contributed by atoms with van der Waals surface area (Å²) in [4.78, 5) is 34.2. The first-order valence-corrected chi connectivity index (χ1v) is 12.8. The number of ether oxygens (including phenoxy) is 2. The molecule has 8 nitrogen and oxygen atoms in total. The van der Waals surface area contributed by atoms with Crippen LogP contribution in [0.2, 0.25) is 0 Å². The van der Waals surface area contributed by atoms with Crippen LogP contribution in [0.4, 0.5) is 10.5 Å². The monoisotopic (exact) mass is 514 g/mol. The van der Waals surface area contributed by atoms with E-state index in [9.17, 15) is 9.59 Å². The molecular formula is C30H34N4O4. The molecule has 4 aromatic rings. The molecule has 0 aliphatic rings. The number of methoxy groups -OCH3 is 2. The molecule has 0 fully saturated rings. The highest BCUT2D eigenvalue weighted by Gasteiger charge is 2.29. The van der Waals surface area contributed by atoms with Gasteiger partial charge in [0.25, 0.3) is 5.56 Å². The number of nitrogens with zero attached hydrogens (tertiary/aromatic N) is 3. The highest BCUT2D eigenvalue weighted by atomic mass is 16.5. The number of carbonyl (C=O) groups is 1. The molecule has 2 amide bonds. The topological polar surface area (TPSA) is 85.7 Å². The molecule has 198 valence electrons. The number of anilines is 1. The molecule has 0 saturated heterocycles. The summed E-state index contributed by atoms with van der Waals surface area (Å²) in [6, 6.07) is 21.7. The second kappa shape index (κ2) is 12.3. The Bertz CT molecular complexity index is 1450. The molecule has 8 heteroatoms. The molecule has 1 unspecified atom stereocenters. The number of nitrogens with one attached hydrogen (secondary N) is 1. The van der Waals surface area contributed by atoms with Gasteiger partial charge in [-0.15, -0.1) is 0 Å². The summed E-state index contributed by atoms with van der Waals surface area (Å²) in [6.45, 7) is 4.86. The van der Waals surface area contributed by atoms with Gasteiger partial charge in [0.1, 0.15) is 17.3 Å². The number of rotatable bonds is 10. The van der Waals surface area contributed by atoms with Crippen LogP contribution in [-0.2, 0) is 6.54 Å². The van der Waals surface area contributed by atoms with Crippen molar-refractivity contribution >= 4 is 22.6 Å². The van der Waals surface area contributed by atoms with Crippen LogP contribution in [0, 0.1) is 0 Å². The first kappa shape index (κ1) is 26.7. The van der Waals surface area contributed by atoms with E-state index in [1.165, 1.54) is 0 Å². The summed E-state index contributed by atoms with van der Waals surface area (Å²) in [5.41, 5.74) is 2.00. The summed E-state index contributed by atoms with van der Waals surface area (Å²) in [7, 11) is 3.12. The van der Waals surface area contributed by atoms with E-state index in [2.05, 4.69) is 5.32 Å². The molecule has 1 aromatic heterocycles. The summed E-state index contributed by atoms with van der Waals surface area (Å²) in [5, 5.41) is 3.55. The quantitative estimate of drug-likeness (QED) is 0.287. The van der Waals surface area contributed by atoms with Gasteiger partial charge in [0, 0.05) is 12.6 Å². The molecule has 0 aliphatic heterocycles. The number of aromatic nitrogens is 2. The fourth-order valence-corrected chi connectivity index (χ4v) is 4.63. The smallest absolute Gasteiger partial charge is 0.322 e. The van der Waals surface area contributed by atoms with Crippen molar-refractivity contribution in [2.45, 2.75) is 39.3 Å². The van der Waals surface area contributed by atoms with Gasteiger partial charge >= 0.3 is 6.03 Å². The van der Waals surface area contributed by atoms with Gasteiger partial charge in [-0.2, -0.15) is 0 Å². The normalized spacial score (nSPS) is 11.7. The van der Waals surface area contributed by atoms with Gasteiger partial charge in [-0.1, -0.05) is 56.3 Å². The van der Waals surface area contributed by atoms with Crippen molar-refractivity contribution in [2.24, 2.45) is 0 Å². The van der Waals surface area contributed by atoms with Crippen LogP contribution in [0.15, 0.2) is 77.6 Å². The van der Waals surface area contributed by atoms with Gasteiger partial charge in [0.2, 0.25) is 0 Å². The third kappa shape index (κ3) is 5.64. The molecule has 0 radical (unpaired) electrons. The summed E-state index contributed by atoms with van der Waals surface area (Å²) >= 11 is 0. The van der Waals surface area contributed by atoms with E-state index in [0.717, 1.165) is 12.0 Å². The minimum atomic E-state index is -0.430. The van der Waals surface area contributed by atoms with E-state index < -0.39 is 6.04 Å². The Balaban J connectivity index is 1.78. The number of amides is 2. The van der Waals surface area contributed by atoms with Gasteiger partial charge in [0.15, 0.2) is 0 Å². The summed E-state index contributed by atoms with van der Waals surface area (Å²) < 4.78 is 12.5. The average Bonchev–Trinajstić information content (AvgIpc) is 2.95. The molecule has 0 bridgehead atoms. The van der Waals surface area contributed by atoms with E-state index in [0.29, 0.717) is 53.4 Å². The number of para-hydroxylation sites is 1. The van der Waals surface area contributed by atoms with Crippen LogP contribution < -0.4 is 20.3 Å². The number of urea groups is 1. The zero-order valence-corrected chi connectivity index (χ0v) is 22.3. The maximum absolute atomic E-state index is 13.7. The van der Waals surface area contributed by atoms with Gasteiger partial charge in [-0.3, -0.25) is 9.36 Å². The number of carbonyl (C=O) groups excluding carboxylic acids is 1. The Labute approximate surface area is 222 Å². The van der Waals surface area contributed by atoms with E-state index in [1.807, 2.05) is 62.4 Å². The Hall–Kier alpha value is -4.33. The zero-order valence-electron chi connectivity index (χ0n) is 22.3. The molecule has 4 rings (SSSR count). The third-order valence-electron chi connectivity index (χ3n) is 6.51. The van der Waals surface area contributed by atoms with E-state index in [-0.39, 0.29) is 11.6 Å². The molecule has 0 saturated carbocycles. The van der Waals surface area contributed by atoms with Crippen molar-refractivity contribution in [3.8, 4) is 11.5 Å². The van der Waals surface area contributed by atoms with Gasteiger partial charge in [-0.05, 0) is 42.7 Å². The first-order chi connectivity index (χ1) is 18.5. The number of benzene rings is 3. The van der Waals surface area contributed by atoms with Crippen LogP contribution in [0.3, 0.4) is 0 Å². The van der Waals surface area contributed by atoms with Crippen molar-refractivity contribution in [2.75, 3.05) is 26.1 Å². The lowest BCUT2D eigenvalue weighted by Gasteiger charge is -2.32. The molecule has 1 N–H and O–H groups in total. The zero-order chi connectivity index (χ0) is 27.1. The lowest BCUT2D eigenvalue weighted by Crippen LogP contribution is -2.41. The predicted octanol–water partition coefficient (Wildman–Crippen LogP) is 5.86. The van der Waals surface area contributed by atoms with Crippen LogP contribution in [-0.4, -0.2) is 41.2 Å². The molecule has 0 spiro atoms. The molecule has 1 atom stereocenters. The summed E-state index contributed by atoms with van der Waals surface area (Å²) in [5.74, 6) is 1.68. The number of hydrogen-bond donors (Lipinski definition) is 1. The number of fused-ring (bicyclic) bond motifs is 1. The summed E-state index contributed by atoms with van der Waals surface area (Å²) in [6.07, 6.45) is 1.31. The van der Waals surface area contributed by atoms with Crippen molar-refractivity contribution in [3.05, 3.63) is 94.5 Å². The maximum Gasteiger partial charge on any atom is 0.322 e. The molecule has 1 heterocycles. The predicted molar refractivity (Wildman–Crippen MR) is 150 cm³/mol. The lowest BCUT2D eigenvalue weighted by atomic mass is 10.1. The van der Waals surface area contributed by atoms with Crippen LogP contribution >= 0.6 is 0 Å². The van der Waals surface area contributed by atoms with Crippen molar-refractivity contribution < 1.29 is 14.3 Å². The van der Waals surface area contributed by atoms with Crippen molar-refractivity contribution in [3.63, 3.8) is 0 Å². The second-order valence-corrected chi connectivity index (χ2v) is 8.98. The van der Waals surface area contributed by atoms with Gasteiger partial charge in [0.05, 0.1) is 43.4 Å². The Kier molecular flexibility index (Phi) is 8.63. The van der Waals surface area contributed by atoms with Gasteiger partial charge in [-0.25, -0.2) is 9.78 Å². The van der Waals surface area contributed by atoms with Crippen LogP contribution in [0.1, 0.15) is 44.1 Å². The largest absolute Gasteiger partial charge is 0.497 e. The minimum Gasteiger partial charge on any atom is -0.497 e. The Morgan fingerprint density at radius 2 is 1.74 bits per heavy atom. The third-order valence-corrected chi connectivity index (χ3v) is 6.51. The fourth-order valence-electron chi connectivity index (χ4n) is 4.63. The fraction of sp³-hybridized carbons (Fsp3) is 0.300. The van der Waals surface area contributed by atoms with Crippen molar-refractivity contribution in [1.82, 2.24) is 14.5 Å². The molecular weight excluding hydrogens is 480 g/mol. The highest BCUT2D eigenvalue weighted by Crippen LogP contribution is 2.31. The highest BCUT2D eigenvalue weighted by molar-refractivity contribution is 5.91. The van der Waals surface area contributed by atoms with E-state index >= 15 is 0 Å². The lowest BCUT2D eigenvalue weighted by molar-refractivity contribution is 0.180. The van der Waals surface area contributed by atoms with E-state index in [1.54, 1.807) is 48.0 Å². The standard InChI is InChI=1S/C30H34N4O4/c1-5-18-33(30(36)32-25-17-16-22(37-3)19-27(25)38-4)26(6-2)28-31-24-15-11-10-14-23(24)29(35)34(28)20-21-12-8-7-9-13-21/h7-17,19,26H,5-6,18,20H2,1-4H3,(H,32,36). The molecule has 0 aliphatic carbocycles. The van der Waals surface area contributed by atoms with Crippen molar-refractivity contribution in [1.29, 1.82) is 0 Å². The maximum atomic E-state index is 13.7. The minimum absolute atomic E-state index is 0.124. The average molecular weight is 515 g/mol. The SMILES string of the molecule is CCCN(C(=O)Nc1ccc(OC)cc1OC)C(CC)c1nc2ccccc2c(=O)n1Cc1ccccc1. The van der Waals surface area contributed by atoms with Crippen LogP contribution in [0.5, 0.6) is 11.5 Å². The Morgan fingerprint density at radius 3 is 2.42 bits per heavy atom. The van der Waals surface area contributed by atoms with E-state index in [4.69, 9.17) is 14.5 Å². The number of hydrogen-bond acceptors (Lipinski definition) is 5. The van der Waals surface area contributed by atoms with Crippen LogP contribution in [0.25, 0.3) is 10.9 Å². The van der Waals surface area contributed by atoms with Gasteiger partial charge < -0.3 is 19.7 Å². The second-order valence-electron chi connectivity index (χ2n) is 8.98. The Morgan fingerprint density at radius 1 is 1.00 bits per heavy atom.